The Kier molecular flexibility index (Phi) is 11.0. The van der Waals surface area contributed by atoms with Crippen molar-refractivity contribution in [1.82, 2.24) is 10.6 Å². The second-order valence-electron chi connectivity index (χ2n) is 5.11. The molecule has 0 unspecified atom stereocenters. The number of hydrogen-bond donors (Lipinski definition) is 2. The summed E-state index contributed by atoms with van der Waals surface area (Å²) in [4.78, 5) is 4.22. The second-order valence-corrected chi connectivity index (χ2v) is 5.96. The lowest BCUT2D eigenvalue weighted by molar-refractivity contribution is 0.0698. The molecular weight excluding hydrogens is 390 g/mol. The van der Waals surface area contributed by atoms with E-state index in [1.807, 2.05) is 12.1 Å². The molecule has 0 atom stereocenters. The van der Waals surface area contributed by atoms with Crippen molar-refractivity contribution in [3.05, 3.63) is 22.2 Å². The zero-order chi connectivity index (χ0) is 18.5. The van der Waals surface area contributed by atoms with Crippen molar-refractivity contribution in [2.75, 3.05) is 54.7 Å². The van der Waals surface area contributed by atoms with Gasteiger partial charge < -0.3 is 29.6 Å². The van der Waals surface area contributed by atoms with Gasteiger partial charge in [-0.25, -0.2) is 0 Å². The Morgan fingerprint density at radius 2 is 1.76 bits per heavy atom. The molecule has 1 aromatic rings. The van der Waals surface area contributed by atoms with Gasteiger partial charge >= 0.3 is 0 Å². The highest BCUT2D eigenvalue weighted by molar-refractivity contribution is 9.10. The minimum absolute atomic E-state index is 0.602. The molecule has 0 saturated heterocycles. The largest absolute Gasteiger partial charge is 0.493 e. The van der Waals surface area contributed by atoms with Crippen LogP contribution in [0.2, 0.25) is 0 Å². The normalized spacial score (nSPS) is 11.3. The van der Waals surface area contributed by atoms with E-state index < -0.39 is 0 Å². The third kappa shape index (κ3) is 7.94. The Bertz CT molecular complexity index is 541. The minimum Gasteiger partial charge on any atom is -0.493 e. The molecule has 0 aliphatic carbocycles. The molecule has 0 amide bonds. The molecule has 25 heavy (non-hydrogen) atoms. The average molecular weight is 418 g/mol. The summed E-state index contributed by atoms with van der Waals surface area (Å²) in [5.74, 6) is 2.12. The number of halogens is 1. The summed E-state index contributed by atoms with van der Waals surface area (Å²) in [5, 5.41) is 6.54. The quantitative estimate of drug-likeness (QED) is 0.326. The summed E-state index contributed by atoms with van der Waals surface area (Å²) in [5.41, 5.74) is 1.04. The highest BCUT2D eigenvalue weighted by Crippen LogP contribution is 2.33. The first-order valence-corrected chi connectivity index (χ1v) is 8.87. The Hall–Kier alpha value is -1.51. The predicted octanol–water partition coefficient (Wildman–Crippen LogP) is 2.18. The first-order chi connectivity index (χ1) is 12.2. The van der Waals surface area contributed by atoms with E-state index in [1.165, 1.54) is 0 Å². The topological polar surface area (TPSA) is 73.3 Å². The molecule has 2 N–H and O–H groups in total. The standard InChI is InChI=1S/C17H28BrN3O4/c1-19-17(20-6-5-7-25-9-8-22-2)21-12-13-10-15(23-3)16(24-4)11-14(13)18/h10-11H,5-9,12H2,1-4H3,(H2,19,20,21). The van der Waals surface area contributed by atoms with Crippen molar-refractivity contribution < 1.29 is 18.9 Å². The van der Waals surface area contributed by atoms with E-state index in [4.69, 9.17) is 18.9 Å². The van der Waals surface area contributed by atoms with E-state index in [2.05, 4.69) is 31.6 Å². The molecule has 0 bridgehead atoms. The van der Waals surface area contributed by atoms with Gasteiger partial charge in [0.15, 0.2) is 17.5 Å². The number of hydrogen-bond acceptors (Lipinski definition) is 5. The van der Waals surface area contributed by atoms with E-state index in [9.17, 15) is 0 Å². The highest BCUT2D eigenvalue weighted by atomic mass is 79.9. The fraction of sp³-hybridized carbons (Fsp3) is 0.588. The van der Waals surface area contributed by atoms with Gasteiger partial charge in [-0.1, -0.05) is 15.9 Å². The van der Waals surface area contributed by atoms with E-state index in [1.54, 1.807) is 28.4 Å². The first kappa shape index (κ1) is 21.5. The summed E-state index contributed by atoms with van der Waals surface area (Å²) in [6, 6.07) is 3.83. The number of ether oxygens (including phenoxy) is 4. The van der Waals surface area contributed by atoms with Crippen LogP contribution in [0.3, 0.4) is 0 Å². The molecule has 7 nitrogen and oxygen atoms in total. The lowest BCUT2D eigenvalue weighted by Gasteiger charge is -2.15. The Balaban J connectivity index is 2.42. The number of rotatable bonds is 11. The van der Waals surface area contributed by atoms with E-state index in [0.717, 1.165) is 29.0 Å². The van der Waals surface area contributed by atoms with Gasteiger partial charge in [0.25, 0.3) is 0 Å². The first-order valence-electron chi connectivity index (χ1n) is 8.07. The van der Waals surface area contributed by atoms with Crippen LogP contribution in [0.15, 0.2) is 21.6 Å². The zero-order valence-electron chi connectivity index (χ0n) is 15.4. The molecule has 0 aliphatic rings. The third-order valence-electron chi connectivity index (χ3n) is 3.41. The van der Waals surface area contributed by atoms with Crippen molar-refractivity contribution >= 4 is 21.9 Å². The fourth-order valence-corrected chi connectivity index (χ4v) is 2.52. The molecular formula is C17H28BrN3O4. The van der Waals surface area contributed by atoms with Crippen LogP contribution in [0.1, 0.15) is 12.0 Å². The molecule has 0 saturated carbocycles. The number of aliphatic imine (C=N–C) groups is 1. The van der Waals surface area contributed by atoms with Gasteiger partial charge in [0.2, 0.25) is 0 Å². The average Bonchev–Trinajstić information content (AvgIpc) is 2.63. The molecule has 0 heterocycles. The van der Waals surface area contributed by atoms with Crippen LogP contribution in [0.25, 0.3) is 0 Å². The molecule has 0 spiro atoms. The predicted molar refractivity (Wildman–Crippen MR) is 103 cm³/mol. The van der Waals surface area contributed by atoms with Crippen LogP contribution in [0.5, 0.6) is 11.5 Å². The number of benzene rings is 1. The molecule has 0 aliphatic heterocycles. The summed E-state index contributed by atoms with van der Waals surface area (Å²) in [6.07, 6.45) is 0.893. The molecule has 1 rings (SSSR count). The van der Waals surface area contributed by atoms with Crippen molar-refractivity contribution in [2.45, 2.75) is 13.0 Å². The van der Waals surface area contributed by atoms with E-state index in [0.29, 0.717) is 37.9 Å². The van der Waals surface area contributed by atoms with Crippen LogP contribution in [0, 0.1) is 0 Å². The van der Waals surface area contributed by atoms with Gasteiger partial charge in [0, 0.05) is 38.3 Å². The SMILES string of the molecule is CN=C(NCCCOCCOC)NCc1cc(OC)c(OC)cc1Br. The van der Waals surface area contributed by atoms with Gasteiger partial charge in [-0.3, -0.25) is 4.99 Å². The highest BCUT2D eigenvalue weighted by Gasteiger charge is 2.10. The van der Waals surface area contributed by atoms with E-state index in [-0.39, 0.29) is 0 Å². The van der Waals surface area contributed by atoms with Gasteiger partial charge in [0.05, 0.1) is 27.4 Å². The lowest BCUT2D eigenvalue weighted by Crippen LogP contribution is -2.37. The Labute approximate surface area is 158 Å². The lowest BCUT2D eigenvalue weighted by atomic mass is 10.2. The maximum Gasteiger partial charge on any atom is 0.191 e. The minimum atomic E-state index is 0.602. The van der Waals surface area contributed by atoms with Crippen LogP contribution in [-0.4, -0.2) is 60.7 Å². The van der Waals surface area contributed by atoms with Crippen LogP contribution in [0.4, 0.5) is 0 Å². The molecule has 142 valence electrons. The molecule has 0 fully saturated rings. The maximum atomic E-state index is 5.42. The third-order valence-corrected chi connectivity index (χ3v) is 4.15. The monoisotopic (exact) mass is 417 g/mol. The smallest absolute Gasteiger partial charge is 0.191 e. The van der Waals surface area contributed by atoms with Crippen molar-refractivity contribution in [1.29, 1.82) is 0 Å². The van der Waals surface area contributed by atoms with Crippen molar-refractivity contribution in [3.8, 4) is 11.5 Å². The summed E-state index contributed by atoms with van der Waals surface area (Å²) >= 11 is 3.55. The molecule has 0 radical (unpaired) electrons. The van der Waals surface area contributed by atoms with Gasteiger partial charge in [0.1, 0.15) is 0 Å². The number of guanidine groups is 1. The number of methoxy groups -OCH3 is 3. The van der Waals surface area contributed by atoms with Crippen LogP contribution < -0.4 is 20.1 Å². The summed E-state index contributed by atoms with van der Waals surface area (Å²) < 4.78 is 21.9. The Morgan fingerprint density at radius 3 is 2.40 bits per heavy atom. The number of nitrogens with one attached hydrogen (secondary N) is 2. The Morgan fingerprint density at radius 1 is 1.04 bits per heavy atom. The van der Waals surface area contributed by atoms with E-state index >= 15 is 0 Å². The second kappa shape index (κ2) is 12.8. The zero-order valence-corrected chi connectivity index (χ0v) is 16.9. The fourth-order valence-electron chi connectivity index (χ4n) is 2.06. The summed E-state index contributed by atoms with van der Waals surface area (Å²) in [7, 11) is 6.65. The van der Waals surface area contributed by atoms with Gasteiger partial charge in [-0.15, -0.1) is 0 Å². The maximum absolute atomic E-state index is 5.42. The van der Waals surface area contributed by atoms with Gasteiger partial charge in [-0.2, -0.15) is 0 Å². The van der Waals surface area contributed by atoms with Crippen LogP contribution >= 0.6 is 15.9 Å². The van der Waals surface area contributed by atoms with Crippen molar-refractivity contribution in [2.24, 2.45) is 4.99 Å². The van der Waals surface area contributed by atoms with Crippen molar-refractivity contribution in [3.63, 3.8) is 0 Å². The van der Waals surface area contributed by atoms with Gasteiger partial charge in [-0.05, 0) is 24.1 Å². The number of nitrogens with zero attached hydrogens (tertiary/aromatic N) is 1. The molecule has 8 heteroatoms. The summed E-state index contributed by atoms with van der Waals surface area (Å²) in [6.45, 7) is 3.31. The molecule has 1 aromatic carbocycles. The molecule has 0 aromatic heterocycles. The van der Waals surface area contributed by atoms with Crippen LogP contribution in [-0.2, 0) is 16.0 Å².